The Balaban J connectivity index is 2.09. The number of aliphatic hydroxyl groups excluding tert-OH is 2. The maximum Gasteiger partial charge on any atom is 0.338 e. The van der Waals surface area contributed by atoms with Crippen LogP contribution in [0.4, 0.5) is 0 Å². The summed E-state index contributed by atoms with van der Waals surface area (Å²) in [4.78, 5) is 23.7. The molecule has 0 aliphatic heterocycles. The van der Waals surface area contributed by atoms with E-state index in [9.17, 15) is 19.8 Å². The summed E-state index contributed by atoms with van der Waals surface area (Å²) in [7, 11) is 0. The first kappa shape index (κ1) is 16.2. The minimum atomic E-state index is -1.29. The van der Waals surface area contributed by atoms with E-state index in [1.807, 2.05) is 0 Å². The Morgan fingerprint density at radius 1 is 1.18 bits per heavy atom. The summed E-state index contributed by atoms with van der Waals surface area (Å²) in [6.07, 6.45) is -2.36. The van der Waals surface area contributed by atoms with Gasteiger partial charge in [-0.05, 0) is 25.1 Å². The summed E-state index contributed by atoms with van der Waals surface area (Å²) in [5, 5.41) is 19.7. The number of hydrogen-bond donors (Lipinski definition) is 2. The van der Waals surface area contributed by atoms with Crippen molar-refractivity contribution in [2.45, 2.75) is 31.7 Å². The third-order valence-electron chi connectivity index (χ3n) is 3.33. The molecule has 0 spiro atoms. The molecule has 0 bridgehead atoms. The maximum absolute atomic E-state index is 12.0. The first-order valence-corrected chi connectivity index (χ1v) is 7.03. The number of esters is 2. The van der Waals surface area contributed by atoms with E-state index in [-0.39, 0.29) is 18.6 Å². The molecule has 22 heavy (non-hydrogen) atoms. The average molecular weight is 306 g/mol. The van der Waals surface area contributed by atoms with Gasteiger partial charge in [0.25, 0.3) is 0 Å². The van der Waals surface area contributed by atoms with E-state index >= 15 is 0 Å². The number of rotatable bonds is 4. The minimum Gasteiger partial charge on any atom is -0.463 e. The van der Waals surface area contributed by atoms with Crippen molar-refractivity contribution in [2.24, 2.45) is 0 Å². The molecule has 0 aromatic heterocycles. The first-order valence-electron chi connectivity index (χ1n) is 7.03. The predicted octanol–water partition coefficient (Wildman–Crippen LogP) is 0.827. The number of carbonyl (C=O) groups is 2. The molecule has 1 aliphatic rings. The van der Waals surface area contributed by atoms with Crippen molar-refractivity contribution >= 4 is 11.9 Å². The van der Waals surface area contributed by atoms with E-state index in [4.69, 9.17) is 9.47 Å². The summed E-state index contributed by atoms with van der Waals surface area (Å²) in [6, 6.07) is 8.29. The van der Waals surface area contributed by atoms with E-state index < -0.39 is 30.3 Å². The zero-order valence-electron chi connectivity index (χ0n) is 12.1. The molecule has 1 aromatic rings. The van der Waals surface area contributed by atoms with Gasteiger partial charge in [0, 0.05) is 12.0 Å². The highest BCUT2D eigenvalue weighted by Crippen LogP contribution is 2.24. The maximum atomic E-state index is 12.0. The quantitative estimate of drug-likeness (QED) is 0.800. The Morgan fingerprint density at radius 3 is 2.50 bits per heavy atom. The van der Waals surface area contributed by atoms with E-state index in [1.54, 1.807) is 37.3 Å². The van der Waals surface area contributed by atoms with Crippen LogP contribution in [-0.2, 0) is 14.3 Å². The van der Waals surface area contributed by atoms with Crippen LogP contribution >= 0.6 is 0 Å². The molecule has 1 aliphatic carbocycles. The lowest BCUT2D eigenvalue weighted by atomic mass is 9.92. The normalized spacial score (nSPS) is 24.3. The molecule has 2 rings (SSSR count). The van der Waals surface area contributed by atoms with Crippen LogP contribution in [0.25, 0.3) is 0 Å². The monoisotopic (exact) mass is 306 g/mol. The Kier molecular flexibility index (Phi) is 5.30. The minimum absolute atomic E-state index is 0.00433. The number of carbonyl (C=O) groups excluding carboxylic acids is 2. The van der Waals surface area contributed by atoms with Gasteiger partial charge >= 0.3 is 11.9 Å². The summed E-state index contributed by atoms with van der Waals surface area (Å²) >= 11 is 0. The van der Waals surface area contributed by atoms with Crippen LogP contribution in [0.3, 0.4) is 0 Å². The molecule has 0 fully saturated rings. The van der Waals surface area contributed by atoms with Crippen molar-refractivity contribution in [3.8, 4) is 0 Å². The van der Waals surface area contributed by atoms with Crippen LogP contribution in [0.2, 0.25) is 0 Å². The second kappa shape index (κ2) is 7.20. The van der Waals surface area contributed by atoms with Gasteiger partial charge in [0.05, 0.1) is 12.2 Å². The summed E-state index contributed by atoms with van der Waals surface area (Å²) in [6.45, 7) is 1.86. The van der Waals surface area contributed by atoms with Crippen molar-refractivity contribution in [3.63, 3.8) is 0 Å². The molecule has 3 atom stereocenters. The number of aliphatic hydroxyl groups is 2. The van der Waals surface area contributed by atoms with Crippen LogP contribution in [-0.4, -0.2) is 47.1 Å². The fourth-order valence-corrected chi connectivity index (χ4v) is 2.20. The van der Waals surface area contributed by atoms with E-state index in [0.29, 0.717) is 5.56 Å². The standard InChI is InChI=1S/C16H18O6/c1-2-21-15(19)11-8-12(17)14(18)13(9-11)22-16(20)10-6-4-3-5-7-10/h3-8,12-14,17-18H,2,9H2,1H3/t12-,13-,14-/m1/s1. The zero-order valence-corrected chi connectivity index (χ0v) is 12.1. The molecule has 0 amide bonds. The smallest absolute Gasteiger partial charge is 0.338 e. The van der Waals surface area contributed by atoms with Crippen LogP contribution in [0.1, 0.15) is 23.7 Å². The Morgan fingerprint density at radius 2 is 1.86 bits per heavy atom. The van der Waals surface area contributed by atoms with Gasteiger partial charge in [0.15, 0.2) is 0 Å². The van der Waals surface area contributed by atoms with Gasteiger partial charge in [-0.1, -0.05) is 18.2 Å². The van der Waals surface area contributed by atoms with Crippen LogP contribution in [0, 0.1) is 0 Å². The van der Waals surface area contributed by atoms with Gasteiger partial charge in [-0.3, -0.25) is 0 Å². The predicted molar refractivity (Wildman–Crippen MR) is 77.0 cm³/mol. The average Bonchev–Trinajstić information content (AvgIpc) is 2.52. The largest absolute Gasteiger partial charge is 0.463 e. The number of ether oxygens (including phenoxy) is 2. The van der Waals surface area contributed by atoms with Crippen molar-refractivity contribution < 1.29 is 29.3 Å². The second-order valence-electron chi connectivity index (χ2n) is 4.91. The SMILES string of the molecule is CCOC(=O)C1=C[C@@H](O)[C@@H](O)[C@H](OC(=O)c2ccccc2)C1. The molecule has 0 heterocycles. The van der Waals surface area contributed by atoms with Crippen molar-refractivity contribution in [3.05, 3.63) is 47.5 Å². The molecule has 6 nitrogen and oxygen atoms in total. The fourth-order valence-electron chi connectivity index (χ4n) is 2.20. The molecule has 0 radical (unpaired) electrons. The molecular formula is C16H18O6. The van der Waals surface area contributed by atoms with Crippen molar-refractivity contribution in [1.82, 2.24) is 0 Å². The summed E-state index contributed by atoms with van der Waals surface area (Å²) < 4.78 is 10.1. The van der Waals surface area contributed by atoms with Gasteiger partial charge in [0.2, 0.25) is 0 Å². The highest BCUT2D eigenvalue weighted by molar-refractivity contribution is 5.90. The van der Waals surface area contributed by atoms with Crippen molar-refractivity contribution in [1.29, 1.82) is 0 Å². The second-order valence-corrected chi connectivity index (χ2v) is 4.91. The van der Waals surface area contributed by atoms with Crippen LogP contribution < -0.4 is 0 Å². The number of hydrogen-bond acceptors (Lipinski definition) is 6. The Labute approximate surface area is 128 Å². The lowest BCUT2D eigenvalue weighted by Crippen LogP contribution is -2.43. The van der Waals surface area contributed by atoms with E-state index in [2.05, 4.69) is 0 Å². The molecule has 0 saturated carbocycles. The van der Waals surface area contributed by atoms with E-state index in [1.165, 1.54) is 6.08 Å². The van der Waals surface area contributed by atoms with Crippen LogP contribution in [0.15, 0.2) is 42.0 Å². The summed E-state index contributed by atoms with van der Waals surface area (Å²) in [5.41, 5.74) is 0.516. The van der Waals surface area contributed by atoms with Gasteiger partial charge in [-0.25, -0.2) is 9.59 Å². The van der Waals surface area contributed by atoms with Crippen LogP contribution in [0.5, 0.6) is 0 Å². The fraction of sp³-hybridized carbons (Fsp3) is 0.375. The molecule has 0 unspecified atom stereocenters. The first-order chi connectivity index (χ1) is 10.5. The lowest BCUT2D eigenvalue weighted by molar-refractivity contribution is -0.140. The highest BCUT2D eigenvalue weighted by Gasteiger charge is 2.36. The van der Waals surface area contributed by atoms with E-state index in [0.717, 1.165) is 0 Å². The molecule has 0 saturated heterocycles. The highest BCUT2D eigenvalue weighted by atomic mass is 16.6. The van der Waals surface area contributed by atoms with Gasteiger partial charge in [0.1, 0.15) is 18.3 Å². The summed E-state index contributed by atoms with van der Waals surface area (Å²) in [5.74, 6) is -1.21. The van der Waals surface area contributed by atoms with Crippen molar-refractivity contribution in [2.75, 3.05) is 6.61 Å². The van der Waals surface area contributed by atoms with Gasteiger partial charge in [-0.15, -0.1) is 0 Å². The molecular weight excluding hydrogens is 288 g/mol. The molecule has 118 valence electrons. The Hall–Kier alpha value is -2.18. The topological polar surface area (TPSA) is 93.1 Å². The molecule has 6 heteroatoms. The lowest BCUT2D eigenvalue weighted by Gasteiger charge is -2.30. The molecule has 1 aromatic carbocycles. The van der Waals surface area contributed by atoms with Gasteiger partial charge in [-0.2, -0.15) is 0 Å². The Bertz CT molecular complexity index is 565. The zero-order chi connectivity index (χ0) is 16.1. The molecule has 2 N–H and O–H groups in total. The third kappa shape index (κ3) is 3.72. The number of benzene rings is 1. The third-order valence-corrected chi connectivity index (χ3v) is 3.33. The van der Waals surface area contributed by atoms with Gasteiger partial charge < -0.3 is 19.7 Å².